The highest BCUT2D eigenvalue weighted by atomic mass is 32.2. The zero-order valence-electron chi connectivity index (χ0n) is 24.6. The summed E-state index contributed by atoms with van der Waals surface area (Å²) in [5.41, 5.74) is 0.329. The Morgan fingerprint density at radius 3 is 2.25 bits per heavy atom. The van der Waals surface area contributed by atoms with Crippen LogP contribution in [-0.2, 0) is 14.4 Å². The van der Waals surface area contributed by atoms with E-state index in [0.717, 1.165) is 34.3 Å². The van der Waals surface area contributed by atoms with E-state index < -0.39 is 29.7 Å². The maximum Gasteiger partial charge on any atom is 0.271 e. The second-order valence-corrected chi connectivity index (χ2v) is 19.3. The van der Waals surface area contributed by atoms with Crippen LogP contribution < -0.4 is 20.7 Å². The van der Waals surface area contributed by atoms with Gasteiger partial charge in [0.25, 0.3) is 23.9 Å². The Morgan fingerprint density at radius 2 is 1.61 bits per heavy atom. The second-order valence-electron chi connectivity index (χ2n) is 12.0. The van der Waals surface area contributed by atoms with Crippen molar-refractivity contribution in [3.63, 3.8) is 0 Å². The van der Waals surface area contributed by atoms with Crippen LogP contribution in [0.3, 0.4) is 0 Å². The first-order valence-electron chi connectivity index (χ1n) is 14.4. The van der Waals surface area contributed by atoms with Gasteiger partial charge >= 0.3 is 0 Å². The van der Waals surface area contributed by atoms with E-state index in [1.54, 1.807) is 12.1 Å². The van der Waals surface area contributed by atoms with Crippen molar-refractivity contribution in [1.82, 2.24) is 4.98 Å². The van der Waals surface area contributed by atoms with Crippen LogP contribution in [0, 0.1) is 5.82 Å². The van der Waals surface area contributed by atoms with Crippen LogP contribution in [0.15, 0.2) is 112 Å². The Hall–Kier alpha value is -3.83. The molecule has 0 spiro atoms. The number of thiophene rings is 1. The molecule has 2 heterocycles. The van der Waals surface area contributed by atoms with Gasteiger partial charge in [0.1, 0.15) is 10.0 Å². The predicted molar refractivity (Wildman–Crippen MR) is 179 cm³/mol. The normalized spacial score (nSPS) is 15.8. The standard InChI is InChI=1S/C34H33FN2O4S2Si/c1-34(2,3)44(26-10-6-4-7-11-26,27-12-8-5-9-13-27)41-25-15-14-24(20-25)31-16-17-32(42-31)43(39,40)37-30-22-28-23(21-29(30)35)18-19-36-33(28)38/h4-14,16-19,21-22,25,37H,15,20H2,1-3H3,(H,36,38). The molecule has 1 aliphatic rings. The molecule has 1 atom stereocenters. The van der Waals surface area contributed by atoms with Crippen LogP contribution in [-0.4, -0.2) is 27.8 Å². The summed E-state index contributed by atoms with van der Waals surface area (Å²) in [7, 11) is -6.83. The van der Waals surface area contributed by atoms with E-state index in [4.69, 9.17) is 4.43 Å². The predicted octanol–water partition coefficient (Wildman–Crippen LogP) is 6.65. The third kappa shape index (κ3) is 5.58. The first kappa shape index (κ1) is 30.2. The minimum atomic E-state index is -4.10. The molecule has 0 radical (unpaired) electrons. The van der Waals surface area contributed by atoms with E-state index in [-0.39, 0.29) is 26.4 Å². The molecule has 0 saturated heterocycles. The zero-order valence-corrected chi connectivity index (χ0v) is 27.3. The Labute approximate surface area is 261 Å². The third-order valence-electron chi connectivity index (χ3n) is 8.10. The van der Waals surface area contributed by atoms with Crippen molar-refractivity contribution in [2.75, 3.05) is 4.72 Å². The van der Waals surface area contributed by atoms with Gasteiger partial charge in [-0.05, 0) is 69.5 Å². The van der Waals surface area contributed by atoms with Gasteiger partial charge in [0, 0.05) is 16.5 Å². The molecule has 1 unspecified atom stereocenters. The quantitative estimate of drug-likeness (QED) is 0.185. The maximum atomic E-state index is 14.8. The van der Waals surface area contributed by atoms with Crippen LogP contribution in [0.25, 0.3) is 16.3 Å². The van der Waals surface area contributed by atoms with Crippen LogP contribution in [0.4, 0.5) is 10.1 Å². The molecule has 3 aromatic carbocycles. The molecule has 6 nitrogen and oxygen atoms in total. The highest BCUT2D eigenvalue weighted by Gasteiger charge is 2.51. The third-order valence-corrected chi connectivity index (χ3v) is 16.2. The molecule has 2 aromatic heterocycles. The number of H-pyrrole nitrogens is 1. The number of aromatic amines is 1. The second kappa shape index (κ2) is 11.6. The molecule has 0 aliphatic heterocycles. The largest absolute Gasteiger partial charge is 0.404 e. The number of benzene rings is 3. The van der Waals surface area contributed by atoms with Crippen molar-refractivity contribution < 1.29 is 17.2 Å². The van der Waals surface area contributed by atoms with E-state index in [1.807, 2.05) is 12.1 Å². The van der Waals surface area contributed by atoms with Gasteiger partial charge < -0.3 is 9.41 Å². The number of pyridine rings is 1. The summed E-state index contributed by atoms with van der Waals surface area (Å²) < 4.78 is 51.1. The lowest BCUT2D eigenvalue weighted by Gasteiger charge is -2.44. The summed E-state index contributed by atoms with van der Waals surface area (Å²) in [6.07, 6.45) is 4.85. The Bertz CT molecular complexity index is 1980. The fourth-order valence-electron chi connectivity index (χ4n) is 6.04. The van der Waals surface area contributed by atoms with E-state index >= 15 is 0 Å². The van der Waals surface area contributed by atoms with Crippen LogP contribution >= 0.6 is 11.3 Å². The van der Waals surface area contributed by atoms with Gasteiger partial charge in [0.15, 0.2) is 0 Å². The summed E-state index contributed by atoms with van der Waals surface area (Å²) in [6, 6.07) is 28.3. The summed E-state index contributed by atoms with van der Waals surface area (Å²) in [5.74, 6) is -0.759. The smallest absolute Gasteiger partial charge is 0.271 e. The molecule has 44 heavy (non-hydrogen) atoms. The van der Waals surface area contributed by atoms with Gasteiger partial charge in [0.05, 0.1) is 11.8 Å². The lowest BCUT2D eigenvalue weighted by Crippen LogP contribution is -2.67. The minimum absolute atomic E-state index is 0.0613. The number of aromatic nitrogens is 1. The van der Waals surface area contributed by atoms with Crippen molar-refractivity contribution in [3.8, 4) is 0 Å². The van der Waals surface area contributed by atoms with Crippen molar-refractivity contribution in [2.24, 2.45) is 0 Å². The van der Waals surface area contributed by atoms with Gasteiger partial charge in [-0.3, -0.25) is 9.52 Å². The van der Waals surface area contributed by atoms with Gasteiger partial charge in [-0.15, -0.1) is 11.3 Å². The first-order valence-corrected chi connectivity index (χ1v) is 18.6. The van der Waals surface area contributed by atoms with E-state index in [9.17, 15) is 17.6 Å². The molecule has 10 heteroatoms. The lowest BCUT2D eigenvalue weighted by atomic mass is 10.1. The number of sulfonamides is 1. The van der Waals surface area contributed by atoms with Crippen LogP contribution in [0.2, 0.25) is 5.04 Å². The molecular weight excluding hydrogens is 612 g/mol. The number of anilines is 1. The number of hydrogen-bond donors (Lipinski definition) is 2. The van der Waals surface area contributed by atoms with Gasteiger partial charge in [-0.2, -0.15) is 0 Å². The van der Waals surface area contributed by atoms with E-state index in [1.165, 1.54) is 28.7 Å². The van der Waals surface area contributed by atoms with Crippen LogP contribution in [0.1, 0.15) is 38.5 Å². The molecule has 5 aromatic rings. The number of rotatable bonds is 8. The Kier molecular flexibility index (Phi) is 7.96. The van der Waals surface area contributed by atoms with E-state index in [0.29, 0.717) is 11.8 Å². The van der Waals surface area contributed by atoms with Crippen molar-refractivity contribution in [2.45, 2.75) is 49.0 Å². The van der Waals surface area contributed by atoms with Crippen molar-refractivity contribution in [1.29, 1.82) is 0 Å². The number of nitrogens with one attached hydrogen (secondary N) is 2. The number of hydrogen-bond acceptors (Lipinski definition) is 5. The highest BCUT2D eigenvalue weighted by Crippen LogP contribution is 2.42. The number of fused-ring (bicyclic) bond motifs is 1. The fraction of sp³-hybridized carbons (Fsp3) is 0.206. The first-order chi connectivity index (χ1) is 21.0. The summed E-state index contributed by atoms with van der Waals surface area (Å²) >= 11 is 1.13. The van der Waals surface area contributed by atoms with E-state index in [2.05, 4.69) is 85.1 Å². The maximum absolute atomic E-state index is 14.8. The fourth-order valence-corrected chi connectivity index (χ4v) is 13.1. The summed E-state index contributed by atoms with van der Waals surface area (Å²) in [4.78, 5) is 15.5. The molecule has 226 valence electrons. The molecule has 0 bridgehead atoms. The molecule has 1 aliphatic carbocycles. The van der Waals surface area contributed by atoms with Gasteiger partial charge in [-0.1, -0.05) is 87.5 Å². The summed E-state index contributed by atoms with van der Waals surface area (Å²) in [6.45, 7) is 6.75. The zero-order chi connectivity index (χ0) is 31.1. The van der Waals surface area contributed by atoms with Crippen molar-refractivity contribution in [3.05, 3.63) is 124 Å². The minimum Gasteiger partial charge on any atom is -0.404 e. The molecule has 6 rings (SSSR count). The molecule has 0 fully saturated rings. The Morgan fingerprint density at radius 1 is 0.955 bits per heavy atom. The molecule has 2 N–H and O–H groups in total. The summed E-state index contributed by atoms with van der Waals surface area (Å²) in [5, 5.41) is 2.85. The van der Waals surface area contributed by atoms with Crippen LogP contribution in [0.5, 0.6) is 0 Å². The van der Waals surface area contributed by atoms with Gasteiger partial charge in [0.2, 0.25) is 0 Å². The Balaban J connectivity index is 1.25. The molecule has 0 amide bonds. The monoisotopic (exact) mass is 644 g/mol. The lowest BCUT2D eigenvalue weighted by molar-refractivity contribution is 0.202. The van der Waals surface area contributed by atoms with Crippen molar-refractivity contribution >= 4 is 62.1 Å². The SMILES string of the molecule is CC(C)(C)[Si](OC1CC=C(c2ccc(S(=O)(=O)Nc3cc4c(=O)[nH]ccc4cc3F)s2)C1)(c1ccccc1)c1ccccc1. The molecular formula is C34H33FN2O4S2Si. The van der Waals surface area contributed by atoms with Gasteiger partial charge in [-0.25, -0.2) is 12.8 Å². The highest BCUT2D eigenvalue weighted by molar-refractivity contribution is 7.94. The molecule has 0 saturated carbocycles. The average molecular weight is 645 g/mol. The number of halogens is 1. The topological polar surface area (TPSA) is 88.3 Å². The average Bonchev–Trinajstić information content (AvgIpc) is 3.68.